The second-order valence-corrected chi connectivity index (χ2v) is 12.8. The number of imide groups is 1. The summed E-state index contributed by atoms with van der Waals surface area (Å²) in [6, 6.07) is 45.8. The third-order valence-electron chi connectivity index (χ3n) is 8.13. The molecule has 44 heavy (non-hydrogen) atoms. The van der Waals surface area contributed by atoms with Gasteiger partial charge in [0.2, 0.25) is 5.91 Å². The average molecular weight is 612 g/mol. The molecule has 0 saturated carbocycles. The fraction of sp³-hybridized carbons (Fsp3) is 0.105. The minimum atomic E-state index is -1.12. The zero-order valence-corrected chi connectivity index (χ0v) is 25.5. The van der Waals surface area contributed by atoms with Gasteiger partial charge in [-0.05, 0) is 51.8 Å². The molecule has 0 N–H and O–H groups in total. The molecule has 1 aliphatic heterocycles. The number of hydrogen-bond acceptors (Lipinski definition) is 5. The molecule has 1 saturated heterocycles. The fourth-order valence-electron chi connectivity index (χ4n) is 6.13. The molecule has 1 aromatic heterocycles. The van der Waals surface area contributed by atoms with E-state index in [9.17, 15) is 9.59 Å². The number of thiophene rings is 1. The topological polar surface area (TPSA) is 46.6 Å². The molecule has 6 aromatic rings. The van der Waals surface area contributed by atoms with Crippen molar-refractivity contribution >= 4 is 44.3 Å². The molecular formula is C38H29NO3S2. The van der Waals surface area contributed by atoms with Crippen LogP contribution in [0.4, 0.5) is 4.79 Å². The number of carbonyl (C=O) groups is 2. The number of ether oxygens (including phenoxy) is 1. The molecule has 1 aliphatic rings. The van der Waals surface area contributed by atoms with E-state index in [0.717, 1.165) is 55.4 Å². The Bertz CT molecular complexity index is 1810. The number of benzene rings is 5. The predicted molar refractivity (Wildman–Crippen MR) is 179 cm³/mol. The van der Waals surface area contributed by atoms with E-state index in [-0.39, 0.29) is 11.1 Å². The smallest absolute Gasteiger partial charge is 0.290 e. The van der Waals surface area contributed by atoms with Gasteiger partial charge in [0, 0.05) is 10.1 Å². The van der Waals surface area contributed by atoms with Gasteiger partial charge in [-0.15, -0.1) is 11.3 Å². The summed E-state index contributed by atoms with van der Waals surface area (Å²) in [6.07, 6.45) is 0.441. The molecule has 6 heteroatoms. The first-order valence-corrected chi connectivity index (χ1v) is 16.3. The van der Waals surface area contributed by atoms with Gasteiger partial charge >= 0.3 is 0 Å². The van der Waals surface area contributed by atoms with Crippen molar-refractivity contribution in [2.75, 3.05) is 0 Å². The van der Waals surface area contributed by atoms with Crippen molar-refractivity contribution in [1.82, 2.24) is 4.90 Å². The van der Waals surface area contributed by atoms with Crippen LogP contribution >= 0.6 is 23.1 Å². The Labute approximate surface area is 264 Å². The highest BCUT2D eigenvalue weighted by molar-refractivity contribution is 8.15. The maximum Gasteiger partial charge on any atom is 0.290 e. The molecule has 1 fully saturated rings. The van der Waals surface area contributed by atoms with Crippen LogP contribution in [0.2, 0.25) is 0 Å². The van der Waals surface area contributed by atoms with E-state index >= 15 is 0 Å². The predicted octanol–water partition coefficient (Wildman–Crippen LogP) is 9.08. The Morgan fingerprint density at radius 1 is 0.659 bits per heavy atom. The van der Waals surface area contributed by atoms with Gasteiger partial charge in [-0.25, -0.2) is 0 Å². The zero-order valence-electron chi connectivity index (χ0n) is 23.8. The highest BCUT2D eigenvalue weighted by Gasteiger charge is 2.54. The quantitative estimate of drug-likeness (QED) is 0.153. The van der Waals surface area contributed by atoms with Crippen molar-refractivity contribution < 1.29 is 14.3 Å². The van der Waals surface area contributed by atoms with Crippen molar-refractivity contribution in [2.24, 2.45) is 0 Å². The SMILES string of the molecule is O=C1SC(Cc2ccc(OCc3ccccc3)c3ccsc23)C(=O)N1C(c1ccccc1)(c1ccccc1)c1ccccc1. The Morgan fingerprint density at radius 3 is 1.77 bits per heavy atom. The monoisotopic (exact) mass is 611 g/mol. The van der Waals surface area contributed by atoms with Crippen LogP contribution in [0.15, 0.2) is 145 Å². The van der Waals surface area contributed by atoms with Crippen molar-refractivity contribution in [1.29, 1.82) is 0 Å². The van der Waals surface area contributed by atoms with Crippen LogP contribution in [0.5, 0.6) is 5.75 Å². The molecule has 1 atom stereocenters. The lowest BCUT2D eigenvalue weighted by atomic mass is 9.75. The largest absolute Gasteiger partial charge is 0.488 e. The van der Waals surface area contributed by atoms with Gasteiger partial charge < -0.3 is 4.74 Å². The van der Waals surface area contributed by atoms with Crippen LogP contribution < -0.4 is 4.74 Å². The summed E-state index contributed by atoms with van der Waals surface area (Å²) >= 11 is 2.75. The average Bonchev–Trinajstić information content (AvgIpc) is 3.68. The van der Waals surface area contributed by atoms with Crippen LogP contribution in [0, 0.1) is 0 Å². The number of thioether (sulfide) groups is 1. The lowest BCUT2D eigenvalue weighted by molar-refractivity contribution is -0.129. The minimum absolute atomic E-state index is 0.189. The van der Waals surface area contributed by atoms with E-state index in [0.29, 0.717) is 13.0 Å². The Hall–Kier alpha value is -4.65. The standard InChI is InChI=1S/C38H29NO3S2/c40-36-34(25-28-21-22-33(32-23-24-43-35(28)32)42-26-27-13-5-1-6-14-27)44-37(41)39(36)38(29-15-7-2-8-16-29,30-17-9-3-10-18-30)31-19-11-4-12-20-31/h1-24,34H,25-26H2. The summed E-state index contributed by atoms with van der Waals surface area (Å²) < 4.78 is 7.29. The molecule has 0 spiro atoms. The Morgan fingerprint density at radius 2 is 1.20 bits per heavy atom. The Kier molecular flexibility index (Phi) is 7.77. The number of rotatable bonds is 9. The summed E-state index contributed by atoms with van der Waals surface area (Å²) in [5.74, 6) is 0.624. The van der Waals surface area contributed by atoms with E-state index in [1.165, 1.54) is 4.90 Å². The van der Waals surface area contributed by atoms with Gasteiger partial charge in [0.25, 0.3) is 5.24 Å². The van der Waals surface area contributed by atoms with Crippen molar-refractivity contribution in [2.45, 2.75) is 23.8 Å². The zero-order chi connectivity index (χ0) is 29.9. The summed E-state index contributed by atoms with van der Waals surface area (Å²) in [5, 5.41) is 2.27. The first-order chi connectivity index (χ1) is 21.7. The molecule has 4 nitrogen and oxygen atoms in total. The highest BCUT2D eigenvalue weighted by Crippen LogP contribution is 2.48. The second kappa shape index (κ2) is 12.2. The minimum Gasteiger partial charge on any atom is -0.488 e. The summed E-state index contributed by atoms with van der Waals surface area (Å²) in [4.78, 5) is 30.1. The number of fused-ring (bicyclic) bond motifs is 1. The maximum atomic E-state index is 14.6. The second-order valence-electron chi connectivity index (χ2n) is 10.7. The third-order valence-corrected chi connectivity index (χ3v) is 10.2. The molecular weight excluding hydrogens is 583 g/mol. The first kappa shape index (κ1) is 28.1. The molecule has 0 bridgehead atoms. The molecule has 0 aliphatic carbocycles. The van der Waals surface area contributed by atoms with Crippen LogP contribution in [-0.4, -0.2) is 21.3 Å². The van der Waals surface area contributed by atoms with Crippen LogP contribution in [-0.2, 0) is 23.4 Å². The summed E-state index contributed by atoms with van der Waals surface area (Å²) in [6.45, 7) is 0.478. The number of hydrogen-bond donors (Lipinski definition) is 0. The maximum absolute atomic E-state index is 14.6. The molecule has 216 valence electrons. The van der Waals surface area contributed by atoms with Gasteiger partial charge in [-0.2, -0.15) is 0 Å². The normalized spacial score (nSPS) is 15.2. The highest BCUT2D eigenvalue weighted by atomic mass is 32.2. The molecule has 7 rings (SSSR count). The van der Waals surface area contributed by atoms with E-state index in [2.05, 4.69) is 11.4 Å². The van der Waals surface area contributed by atoms with Gasteiger partial charge in [0.05, 0.1) is 5.25 Å². The van der Waals surface area contributed by atoms with Crippen LogP contribution in [0.1, 0.15) is 27.8 Å². The number of amides is 2. The molecule has 0 radical (unpaired) electrons. The third kappa shape index (κ3) is 5.00. The molecule has 5 aromatic carbocycles. The fourth-order valence-corrected chi connectivity index (χ4v) is 8.11. The lowest BCUT2D eigenvalue weighted by Crippen LogP contribution is -2.51. The lowest BCUT2D eigenvalue weighted by Gasteiger charge is -2.42. The molecule has 1 unspecified atom stereocenters. The van der Waals surface area contributed by atoms with E-state index in [1.54, 1.807) is 11.3 Å². The van der Waals surface area contributed by atoms with Crippen molar-refractivity contribution in [3.05, 3.63) is 173 Å². The number of nitrogens with zero attached hydrogens (tertiary/aromatic N) is 1. The Balaban J connectivity index is 1.26. The van der Waals surface area contributed by atoms with E-state index in [1.807, 2.05) is 133 Å². The van der Waals surface area contributed by atoms with Gasteiger partial charge in [-0.1, -0.05) is 139 Å². The molecule has 2 amide bonds. The molecule has 2 heterocycles. The van der Waals surface area contributed by atoms with E-state index < -0.39 is 10.8 Å². The van der Waals surface area contributed by atoms with Gasteiger partial charge in [0.1, 0.15) is 17.9 Å². The summed E-state index contributed by atoms with van der Waals surface area (Å²) in [5.41, 5.74) is 3.60. The van der Waals surface area contributed by atoms with Crippen LogP contribution in [0.25, 0.3) is 10.1 Å². The number of carbonyl (C=O) groups excluding carboxylic acids is 2. The van der Waals surface area contributed by atoms with Crippen molar-refractivity contribution in [3.8, 4) is 5.75 Å². The summed E-state index contributed by atoms with van der Waals surface area (Å²) in [7, 11) is 0. The van der Waals surface area contributed by atoms with Gasteiger partial charge in [-0.3, -0.25) is 14.5 Å². The van der Waals surface area contributed by atoms with Crippen LogP contribution in [0.3, 0.4) is 0 Å². The van der Waals surface area contributed by atoms with Gasteiger partial charge in [0.15, 0.2) is 0 Å². The van der Waals surface area contributed by atoms with Crippen molar-refractivity contribution in [3.63, 3.8) is 0 Å². The van der Waals surface area contributed by atoms with E-state index in [4.69, 9.17) is 4.74 Å². The first-order valence-electron chi connectivity index (χ1n) is 14.5.